The molecule has 1 aromatic heterocycles. The molecular weight excluding hydrogens is 258 g/mol. The molecule has 0 bridgehead atoms. The van der Waals surface area contributed by atoms with Gasteiger partial charge in [-0.3, -0.25) is 0 Å². The summed E-state index contributed by atoms with van der Waals surface area (Å²) in [6.45, 7) is 0.471. The first-order chi connectivity index (χ1) is 9.72. The number of aliphatic hydroxyl groups is 2. The molecule has 1 heterocycles. The van der Waals surface area contributed by atoms with Crippen LogP contribution in [0.4, 0.5) is 0 Å². The number of aliphatic hydroxyl groups excluding tert-OH is 2. The molecule has 2 N–H and O–H groups in total. The Balaban J connectivity index is 1.99. The molecule has 0 spiro atoms. The average Bonchev–Trinajstić information content (AvgIpc) is 2.92. The van der Waals surface area contributed by atoms with E-state index in [9.17, 15) is 5.11 Å². The number of nitrogens with zero attached hydrogens (tertiary/aromatic N) is 3. The molecule has 6 nitrogen and oxygen atoms in total. The molecule has 20 heavy (non-hydrogen) atoms. The van der Waals surface area contributed by atoms with Crippen LogP contribution in [0.2, 0.25) is 0 Å². The Morgan fingerprint density at radius 2 is 2.25 bits per heavy atom. The Kier molecular flexibility index (Phi) is 5.09. The first-order valence-electron chi connectivity index (χ1n) is 6.55. The van der Waals surface area contributed by atoms with E-state index in [1.165, 1.54) is 0 Å². The smallest absolute Gasteiger partial charge is 0.119 e. The molecule has 0 aliphatic heterocycles. The van der Waals surface area contributed by atoms with E-state index in [4.69, 9.17) is 9.84 Å². The molecule has 0 fully saturated rings. The summed E-state index contributed by atoms with van der Waals surface area (Å²) in [4.78, 5) is 0. The fourth-order valence-corrected chi connectivity index (χ4v) is 1.93. The summed E-state index contributed by atoms with van der Waals surface area (Å²) in [5.41, 5.74) is 1.59. The number of aryl methyl sites for hydroxylation is 1. The van der Waals surface area contributed by atoms with Crippen LogP contribution in [0.5, 0.6) is 5.75 Å². The lowest BCUT2D eigenvalue weighted by Crippen LogP contribution is -2.09. The molecule has 2 aromatic rings. The third-order valence-corrected chi connectivity index (χ3v) is 3.02. The topological polar surface area (TPSA) is 80.4 Å². The number of hydrogen-bond acceptors (Lipinski definition) is 5. The standard InChI is InChI=1S/C14H19N3O3/c1-20-13-6-2-4-11(8-13)14(19)10-17-9-12(15-16-17)5-3-7-18/h2,4,6,8-9,14,18-19H,3,5,7,10H2,1H3. The predicted octanol–water partition coefficient (Wildman–Crippen LogP) is 0.945. The average molecular weight is 277 g/mol. The van der Waals surface area contributed by atoms with Gasteiger partial charge in [0.2, 0.25) is 0 Å². The maximum absolute atomic E-state index is 10.2. The number of benzene rings is 1. The summed E-state index contributed by atoms with van der Waals surface area (Å²) in [6, 6.07) is 7.31. The highest BCUT2D eigenvalue weighted by Crippen LogP contribution is 2.20. The molecule has 1 unspecified atom stereocenters. The fourth-order valence-electron chi connectivity index (χ4n) is 1.93. The second kappa shape index (κ2) is 7.02. The molecule has 0 amide bonds. The summed E-state index contributed by atoms with van der Waals surface area (Å²) in [5, 5.41) is 26.9. The number of rotatable bonds is 7. The van der Waals surface area contributed by atoms with Crippen molar-refractivity contribution in [3.05, 3.63) is 41.7 Å². The van der Waals surface area contributed by atoms with Gasteiger partial charge in [0.15, 0.2) is 0 Å². The molecule has 0 radical (unpaired) electrons. The maximum Gasteiger partial charge on any atom is 0.119 e. The van der Waals surface area contributed by atoms with E-state index in [1.807, 2.05) is 18.2 Å². The van der Waals surface area contributed by atoms with Gasteiger partial charge >= 0.3 is 0 Å². The lowest BCUT2D eigenvalue weighted by Gasteiger charge is -2.11. The van der Waals surface area contributed by atoms with Gasteiger partial charge in [0, 0.05) is 12.8 Å². The number of methoxy groups -OCH3 is 1. The Morgan fingerprint density at radius 3 is 3.00 bits per heavy atom. The van der Waals surface area contributed by atoms with Gasteiger partial charge in [0.25, 0.3) is 0 Å². The van der Waals surface area contributed by atoms with Gasteiger partial charge in [-0.1, -0.05) is 17.3 Å². The number of aromatic nitrogens is 3. The second-order valence-electron chi connectivity index (χ2n) is 4.55. The van der Waals surface area contributed by atoms with Crippen LogP contribution in [0.15, 0.2) is 30.5 Å². The van der Waals surface area contributed by atoms with Crippen molar-refractivity contribution < 1.29 is 14.9 Å². The summed E-state index contributed by atoms with van der Waals surface area (Å²) in [5.74, 6) is 0.712. The van der Waals surface area contributed by atoms with E-state index in [1.54, 1.807) is 24.1 Å². The Morgan fingerprint density at radius 1 is 1.40 bits per heavy atom. The zero-order chi connectivity index (χ0) is 14.4. The third kappa shape index (κ3) is 3.79. The van der Waals surface area contributed by atoms with Gasteiger partial charge in [-0.25, -0.2) is 4.68 Å². The zero-order valence-corrected chi connectivity index (χ0v) is 11.4. The second-order valence-corrected chi connectivity index (χ2v) is 4.55. The molecule has 108 valence electrons. The highest BCUT2D eigenvalue weighted by molar-refractivity contribution is 5.29. The highest BCUT2D eigenvalue weighted by atomic mass is 16.5. The van der Waals surface area contributed by atoms with Crippen molar-refractivity contribution in [1.82, 2.24) is 15.0 Å². The van der Waals surface area contributed by atoms with E-state index < -0.39 is 6.10 Å². The normalized spacial score (nSPS) is 12.3. The van der Waals surface area contributed by atoms with Crippen LogP contribution < -0.4 is 4.74 Å². The van der Waals surface area contributed by atoms with Crippen molar-refractivity contribution in [3.63, 3.8) is 0 Å². The summed E-state index contributed by atoms with van der Waals surface area (Å²) in [6.07, 6.45) is 2.47. The monoisotopic (exact) mass is 277 g/mol. The quantitative estimate of drug-likeness (QED) is 0.787. The Hall–Kier alpha value is -1.92. The summed E-state index contributed by atoms with van der Waals surface area (Å²) in [7, 11) is 1.59. The first-order valence-corrected chi connectivity index (χ1v) is 6.55. The van der Waals surface area contributed by atoms with Crippen molar-refractivity contribution in [2.45, 2.75) is 25.5 Å². The van der Waals surface area contributed by atoms with Gasteiger partial charge in [-0.2, -0.15) is 0 Å². The van der Waals surface area contributed by atoms with Crippen molar-refractivity contribution in [2.75, 3.05) is 13.7 Å². The first kappa shape index (κ1) is 14.5. The van der Waals surface area contributed by atoms with Gasteiger partial charge in [0.05, 0.1) is 25.5 Å². The Labute approximate surface area is 117 Å². The molecular formula is C14H19N3O3. The van der Waals surface area contributed by atoms with Crippen molar-refractivity contribution in [2.24, 2.45) is 0 Å². The molecule has 0 saturated carbocycles. The Bertz CT molecular complexity index is 542. The predicted molar refractivity (Wildman–Crippen MR) is 73.4 cm³/mol. The molecule has 2 rings (SSSR count). The SMILES string of the molecule is COc1cccc(C(O)Cn2cc(CCCO)nn2)c1. The van der Waals surface area contributed by atoms with Crippen LogP contribution in [0, 0.1) is 0 Å². The minimum Gasteiger partial charge on any atom is -0.497 e. The van der Waals surface area contributed by atoms with E-state index in [0.717, 1.165) is 11.3 Å². The molecule has 0 aliphatic rings. The molecule has 0 saturated heterocycles. The van der Waals surface area contributed by atoms with Crippen LogP contribution >= 0.6 is 0 Å². The van der Waals surface area contributed by atoms with E-state index in [-0.39, 0.29) is 6.61 Å². The van der Waals surface area contributed by atoms with E-state index in [0.29, 0.717) is 25.1 Å². The highest BCUT2D eigenvalue weighted by Gasteiger charge is 2.11. The zero-order valence-electron chi connectivity index (χ0n) is 11.4. The number of hydrogen-bond donors (Lipinski definition) is 2. The largest absolute Gasteiger partial charge is 0.497 e. The van der Waals surface area contributed by atoms with Crippen LogP contribution in [-0.2, 0) is 13.0 Å². The summed E-state index contributed by atoms with van der Waals surface area (Å²) < 4.78 is 6.74. The van der Waals surface area contributed by atoms with Gasteiger partial charge in [-0.15, -0.1) is 5.10 Å². The number of ether oxygens (including phenoxy) is 1. The summed E-state index contributed by atoms with van der Waals surface area (Å²) >= 11 is 0. The molecule has 6 heteroatoms. The van der Waals surface area contributed by atoms with Gasteiger partial charge < -0.3 is 14.9 Å². The molecule has 1 atom stereocenters. The van der Waals surface area contributed by atoms with Crippen molar-refractivity contribution in [1.29, 1.82) is 0 Å². The van der Waals surface area contributed by atoms with Gasteiger partial charge in [0.1, 0.15) is 5.75 Å². The van der Waals surface area contributed by atoms with Crippen molar-refractivity contribution in [3.8, 4) is 5.75 Å². The minimum atomic E-state index is -0.669. The fraction of sp³-hybridized carbons (Fsp3) is 0.429. The maximum atomic E-state index is 10.2. The van der Waals surface area contributed by atoms with Crippen LogP contribution in [0.1, 0.15) is 23.8 Å². The van der Waals surface area contributed by atoms with Crippen LogP contribution in [0.25, 0.3) is 0 Å². The van der Waals surface area contributed by atoms with E-state index >= 15 is 0 Å². The van der Waals surface area contributed by atoms with Crippen LogP contribution in [0.3, 0.4) is 0 Å². The van der Waals surface area contributed by atoms with Crippen molar-refractivity contribution >= 4 is 0 Å². The van der Waals surface area contributed by atoms with Gasteiger partial charge in [-0.05, 0) is 30.5 Å². The van der Waals surface area contributed by atoms with E-state index in [2.05, 4.69) is 10.3 Å². The molecule has 0 aliphatic carbocycles. The third-order valence-electron chi connectivity index (χ3n) is 3.02. The lowest BCUT2D eigenvalue weighted by molar-refractivity contribution is 0.150. The minimum absolute atomic E-state index is 0.138. The van der Waals surface area contributed by atoms with Crippen LogP contribution in [-0.4, -0.2) is 38.9 Å². The molecule has 1 aromatic carbocycles. The lowest BCUT2D eigenvalue weighted by atomic mass is 10.1.